The van der Waals surface area contributed by atoms with E-state index in [4.69, 9.17) is 0 Å². The second-order valence-corrected chi connectivity index (χ2v) is 7.32. The number of carbonyl (C=O) groups is 1. The molecule has 0 saturated carbocycles. The van der Waals surface area contributed by atoms with Gasteiger partial charge in [-0.25, -0.2) is 4.39 Å². The zero-order chi connectivity index (χ0) is 16.9. The molecule has 0 unspecified atom stereocenters. The van der Waals surface area contributed by atoms with Crippen LogP contribution in [0.5, 0.6) is 0 Å². The van der Waals surface area contributed by atoms with Crippen molar-refractivity contribution < 1.29 is 13.4 Å². The van der Waals surface area contributed by atoms with Gasteiger partial charge in [0, 0.05) is 17.2 Å². The summed E-state index contributed by atoms with van der Waals surface area (Å²) in [6, 6.07) is 15.1. The lowest BCUT2D eigenvalue weighted by molar-refractivity contribution is -0.125. The SMILES string of the molecule is CC(C)(C(=O)NCC[S@](=O)c1ccccc1)c1ccc(F)cc1. The van der Waals surface area contributed by atoms with Gasteiger partial charge in [0.15, 0.2) is 0 Å². The Morgan fingerprint density at radius 3 is 2.30 bits per heavy atom. The van der Waals surface area contributed by atoms with Gasteiger partial charge in [0.2, 0.25) is 5.91 Å². The number of amides is 1. The van der Waals surface area contributed by atoms with E-state index in [9.17, 15) is 13.4 Å². The predicted molar refractivity (Wildman–Crippen MR) is 90.2 cm³/mol. The number of rotatable bonds is 6. The van der Waals surface area contributed by atoms with Crippen LogP contribution in [0.2, 0.25) is 0 Å². The van der Waals surface area contributed by atoms with Gasteiger partial charge in [-0.3, -0.25) is 9.00 Å². The maximum atomic E-state index is 13.0. The van der Waals surface area contributed by atoms with Crippen LogP contribution in [0, 0.1) is 5.82 Å². The molecule has 5 heteroatoms. The number of carbonyl (C=O) groups excluding carboxylic acids is 1. The van der Waals surface area contributed by atoms with Gasteiger partial charge in [-0.2, -0.15) is 0 Å². The van der Waals surface area contributed by atoms with Crippen LogP contribution in [0.1, 0.15) is 19.4 Å². The number of hydrogen-bond donors (Lipinski definition) is 1. The standard InChI is InChI=1S/C18H20FNO2S/c1-18(2,14-8-10-15(19)11-9-14)17(21)20-12-13-23(22)16-6-4-3-5-7-16/h3-11H,12-13H2,1-2H3,(H,20,21)/t23-/m0/s1. The molecular weight excluding hydrogens is 313 g/mol. The highest BCUT2D eigenvalue weighted by Gasteiger charge is 2.29. The number of benzene rings is 2. The molecule has 2 aromatic carbocycles. The van der Waals surface area contributed by atoms with Crippen LogP contribution in [0.4, 0.5) is 4.39 Å². The summed E-state index contributed by atoms with van der Waals surface area (Å²) in [5.41, 5.74) is -0.0392. The molecule has 1 amide bonds. The first-order valence-electron chi connectivity index (χ1n) is 7.39. The van der Waals surface area contributed by atoms with Crippen LogP contribution in [0.3, 0.4) is 0 Å². The van der Waals surface area contributed by atoms with Gasteiger partial charge >= 0.3 is 0 Å². The highest BCUT2D eigenvalue weighted by molar-refractivity contribution is 7.85. The maximum absolute atomic E-state index is 13.0. The monoisotopic (exact) mass is 333 g/mol. The van der Waals surface area contributed by atoms with Crippen LogP contribution in [-0.2, 0) is 21.0 Å². The minimum absolute atomic E-state index is 0.172. The van der Waals surface area contributed by atoms with E-state index < -0.39 is 16.2 Å². The Bertz CT molecular complexity index is 684. The van der Waals surface area contributed by atoms with Crippen LogP contribution >= 0.6 is 0 Å². The molecule has 0 aliphatic heterocycles. The van der Waals surface area contributed by atoms with Gasteiger partial charge in [0.05, 0.1) is 16.2 Å². The molecule has 1 atom stereocenters. The Morgan fingerprint density at radius 2 is 1.70 bits per heavy atom. The highest BCUT2D eigenvalue weighted by atomic mass is 32.2. The van der Waals surface area contributed by atoms with Crippen molar-refractivity contribution in [2.75, 3.05) is 12.3 Å². The molecule has 2 aromatic rings. The van der Waals surface area contributed by atoms with Crippen molar-refractivity contribution in [2.24, 2.45) is 0 Å². The fourth-order valence-corrected chi connectivity index (χ4v) is 3.15. The third-order valence-corrected chi connectivity index (χ3v) is 5.09. The molecule has 0 heterocycles. The Labute approximate surface area is 138 Å². The maximum Gasteiger partial charge on any atom is 0.230 e. The molecule has 1 N–H and O–H groups in total. The first-order valence-corrected chi connectivity index (χ1v) is 8.71. The Hall–Kier alpha value is -2.01. The summed E-state index contributed by atoms with van der Waals surface area (Å²) in [4.78, 5) is 13.1. The minimum atomic E-state index is -1.14. The number of nitrogens with one attached hydrogen (secondary N) is 1. The van der Waals surface area contributed by atoms with Crippen molar-refractivity contribution >= 4 is 16.7 Å². The van der Waals surface area contributed by atoms with Crippen molar-refractivity contribution in [3.63, 3.8) is 0 Å². The van der Waals surface area contributed by atoms with Crippen LogP contribution in [-0.4, -0.2) is 22.4 Å². The van der Waals surface area contributed by atoms with E-state index in [1.165, 1.54) is 12.1 Å². The summed E-state index contributed by atoms with van der Waals surface area (Å²) in [6.45, 7) is 3.89. The molecule has 0 aromatic heterocycles. The average molecular weight is 333 g/mol. The summed E-state index contributed by atoms with van der Waals surface area (Å²) in [7, 11) is -1.14. The van der Waals surface area contributed by atoms with Crippen molar-refractivity contribution in [2.45, 2.75) is 24.2 Å². The van der Waals surface area contributed by atoms with Crippen molar-refractivity contribution in [1.82, 2.24) is 5.32 Å². The summed E-state index contributed by atoms with van der Waals surface area (Å²) < 4.78 is 25.1. The zero-order valence-electron chi connectivity index (χ0n) is 13.2. The third kappa shape index (κ3) is 4.48. The summed E-state index contributed by atoms with van der Waals surface area (Å²) in [5, 5.41) is 2.81. The Kier molecular flexibility index (Phi) is 5.66. The molecule has 2 rings (SSSR count). The molecule has 0 spiro atoms. The van der Waals surface area contributed by atoms with E-state index in [2.05, 4.69) is 5.32 Å². The topological polar surface area (TPSA) is 46.2 Å². The first-order chi connectivity index (χ1) is 10.9. The van der Waals surface area contributed by atoms with E-state index in [1.54, 1.807) is 38.1 Å². The normalized spacial score (nSPS) is 12.7. The van der Waals surface area contributed by atoms with E-state index >= 15 is 0 Å². The van der Waals surface area contributed by atoms with Crippen molar-refractivity contribution in [1.29, 1.82) is 0 Å². The molecule has 0 aliphatic rings. The lowest BCUT2D eigenvalue weighted by Gasteiger charge is -2.24. The molecule has 3 nitrogen and oxygen atoms in total. The van der Waals surface area contributed by atoms with Crippen LogP contribution < -0.4 is 5.32 Å². The Balaban J connectivity index is 1.91. The molecule has 122 valence electrons. The lowest BCUT2D eigenvalue weighted by Crippen LogP contribution is -2.41. The summed E-state index contributed by atoms with van der Waals surface area (Å²) in [5.74, 6) is -0.146. The molecule has 0 bridgehead atoms. The molecule has 0 radical (unpaired) electrons. The van der Waals surface area contributed by atoms with Crippen molar-refractivity contribution in [3.8, 4) is 0 Å². The second kappa shape index (κ2) is 7.51. The van der Waals surface area contributed by atoms with Gasteiger partial charge < -0.3 is 5.32 Å². The summed E-state index contributed by atoms with van der Waals surface area (Å²) in [6.07, 6.45) is 0. The molecule has 0 saturated heterocycles. The molecule has 23 heavy (non-hydrogen) atoms. The number of halogens is 1. The van der Waals surface area contributed by atoms with E-state index in [-0.39, 0.29) is 11.7 Å². The van der Waals surface area contributed by atoms with E-state index in [0.29, 0.717) is 12.3 Å². The van der Waals surface area contributed by atoms with Gasteiger partial charge in [-0.15, -0.1) is 0 Å². The summed E-state index contributed by atoms with van der Waals surface area (Å²) >= 11 is 0. The van der Waals surface area contributed by atoms with Crippen LogP contribution in [0.25, 0.3) is 0 Å². The lowest BCUT2D eigenvalue weighted by atomic mass is 9.84. The van der Waals surface area contributed by atoms with Gasteiger partial charge in [0.1, 0.15) is 5.82 Å². The molecular formula is C18H20FNO2S. The minimum Gasteiger partial charge on any atom is -0.354 e. The molecule has 0 fully saturated rings. The van der Waals surface area contributed by atoms with Gasteiger partial charge in [0.25, 0.3) is 0 Å². The van der Waals surface area contributed by atoms with Crippen molar-refractivity contribution in [3.05, 3.63) is 66.0 Å². The third-order valence-electron chi connectivity index (χ3n) is 3.71. The van der Waals surface area contributed by atoms with Crippen LogP contribution in [0.15, 0.2) is 59.5 Å². The number of hydrogen-bond acceptors (Lipinski definition) is 2. The second-order valence-electron chi connectivity index (χ2n) is 5.75. The largest absolute Gasteiger partial charge is 0.354 e. The first kappa shape index (κ1) is 17.3. The fourth-order valence-electron chi connectivity index (χ4n) is 2.17. The van der Waals surface area contributed by atoms with Gasteiger partial charge in [-0.1, -0.05) is 30.3 Å². The Morgan fingerprint density at radius 1 is 1.09 bits per heavy atom. The fraction of sp³-hybridized carbons (Fsp3) is 0.278. The predicted octanol–water partition coefficient (Wildman–Crippen LogP) is 3.03. The van der Waals surface area contributed by atoms with E-state index in [1.807, 2.05) is 18.2 Å². The average Bonchev–Trinajstić information content (AvgIpc) is 2.55. The molecule has 0 aliphatic carbocycles. The van der Waals surface area contributed by atoms with E-state index in [0.717, 1.165) is 10.5 Å². The van der Waals surface area contributed by atoms with Gasteiger partial charge in [-0.05, 0) is 43.7 Å². The quantitative estimate of drug-likeness (QED) is 0.883. The highest BCUT2D eigenvalue weighted by Crippen LogP contribution is 2.23. The zero-order valence-corrected chi connectivity index (χ0v) is 14.0. The smallest absolute Gasteiger partial charge is 0.230 e.